The Kier molecular flexibility index (Phi) is 4.03. The number of rotatable bonds is 3. The first-order chi connectivity index (χ1) is 9.06. The van der Waals surface area contributed by atoms with Crippen LogP contribution in [0, 0.1) is 0 Å². The van der Waals surface area contributed by atoms with Gasteiger partial charge in [-0.3, -0.25) is 0 Å². The molecule has 0 aliphatic rings. The van der Waals surface area contributed by atoms with Crippen molar-refractivity contribution in [2.24, 2.45) is 0 Å². The van der Waals surface area contributed by atoms with E-state index >= 15 is 0 Å². The van der Waals surface area contributed by atoms with Gasteiger partial charge < -0.3 is 5.11 Å². The maximum atomic E-state index is 10.7. The summed E-state index contributed by atoms with van der Waals surface area (Å²) in [4.78, 5) is 10.7. The SMILES string of the molecule is C/C(=C\c1ccc(-c2ccc(Cl)cc2)cc1)C(=O)O. The molecule has 0 unspecified atom stereocenters. The standard InChI is InChI=1S/C16H13ClO2/c1-11(16(18)19)10-12-2-4-13(5-3-12)14-6-8-15(17)9-7-14/h2-10H,1H3,(H,18,19)/b11-10+. The smallest absolute Gasteiger partial charge is 0.331 e. The van der Waals surface area contributed by atoms with E-state index in [1.54, 1.807) is 13.0 Å². The third kappa shape index (κ3) is 3.46. The van der Waals surface area contributed by atoms with Crippen LogP contribution in [0.15, 0.2) is 54.1 Å². The van der Waals surface area contributed by atoms with Crippen LogP contribution in [0.25, 0.3) is 17.2 Å². The maximum absolute atomic E-state index is 10.7. The van der Waals surface area contributed by atoms with Crippen molar-refractivity contribution in [3.63, 3.8) is 0 Å². The first kappa shape index (κ1) is 13.4. The monoisotopic (exact) mass is 272 g/mol. The fraction of sp³-hybridized carbons (Fsp3) is 0.0625. The molecule has 2 aromatic carbocycles. The highest BCUT2D eigenvalue weighted by Crippen LogP contribution is 2.22. The molecule has 0 bridgehead atoms. The van der Waals surface area contributed by atoms with Crippen molar-refractivity contribution in [2.45, 2.75) is 6.92 Å². The lowest BCUT2D eigenvalue weighted by Gasteiger charge is -2.03. The molecule has 0 aliphatic carbocycles. The Morgan fingerprint density at radius 2 is 1.47 bits per heavy atom. The molecular formula is C16H13ClO2. The Labute approximate surface area is 117 Å². The molecule has 0 fully saturated rings. The number of hydrogen-bond acceptors (Lipinski definition) is 1. The van der Waals surface area contributed by atoms with Crippen molar-refractivity contribution in [3.8, 4) is 11.1 Å². The molecule has 19 heavy (non-hydrogen) atoms. The molecule has 2 rings (SSSR count). The van der Waals surface area contributed by atoms with Gasteiger partial charge in [0.1, 0.15) is 0 Å². The van der Waals surface area contributed by atoms with Crippen LogP contribution in [-0.2, 0) is 4.79 Å². The van der Waals surface area contributed by atoms with E-state index in [0.29, 0.717) is 10.6 Å². The predicted octanol–water partition coefficient (Wildman–Crippen LogP) is 4.49. The van der Waals surface area contributed by atoms with Crippen molar-refractivity contribution < 1.29 is 9.90 Å². The highest BCUT2D eigenvalue weighted by Gasteiger charge is 2.01. The Bertz CT molecular complexity index is 610. The quantitative estimate of drug-likeness (QED) is 0.836. The second-order valence-corrected chi connectivity index (χ2v) is 4.70. The first-order valence-corrected chi connectivity index (χ1v) is 6.21. The van der Waals surface area contributed by atoms with E-state index in [4.69, 9.17) is 16.7 Å². The van der Waals surface area contributed by atoms with Crippen molar-refractivity contribution >= 4 is 23.6 Å². The Morgan fingerprint density at radius 1 is 1.00 bits per heavy atom. The van der Waals surface area contributed by atoms with Crippen molar-refractivity contribution in [2.75, 3.05) is 0 Å². The molecule has 0 saturated heterocycles. The van der Waals surface area contributed by atoms with Crippen molar-refractivity contribution in [3.05, 3.63) is 64.7 Å². The lowest BCUT2D eigenvalue weighted by Crippen LogP contribution is -1.95. The molecule has 3 heteroatoms. The molecule has 0 aliphatic heterocycles. The average Bonchev–Trinajstić information content (AvgIpc) is 2.40. The second-order valence-electron chi connectivity index (χ2n) is 4.26. The van der Waals surface area contributed by atoms with E-state index < -0.39 is 5.97 Å². The zero-order valence-electron chi connectivity index (χ0n) is 10.4. The molecule has 1 N–H and O–H groups in total. The molecule has 0 heterocycles. The number of carboxylic acid groups (broad SMARTS) is 1. The molecule has 2 nitrogen and oxygen atoms in total. The maximum Gasteiger partial charge on any atom is 0.331 e. The van der Waals surface area contributed by atoms with Crippen molar-refractivity contribution in [1.82, 2.24) is 0 Å². The summed E-state index contributed by atoms with van der Waals surface area (Å²) >= 11 is 5.85. The van der Waals surface area contributed by atoms with Gasteiger partial charge in [-0.1, -0.05) is 48.0 Å². The van der Waals surface area contributed by atoms with Crippen molar-refractivity contribution in [1.29, 1.82) is 0 Å². The molecule has 0 saturated carbocycles. The molecule has 96 valence electrons. The van der Waals surface area contributed by atoms with Gasteiger partial charge in [-0.05, 0) is 41.8 Å². The number of hydrogen-bond donors (Lipinski definition) is 1. The summed E-state index contributed by atoms with van der Waals surface area (Å²) in [5, 5.41) is 9.53. The summed E-state index contributed by atoms with van der Waals surface area (Å²) < 4.78 is 0. The topological polar surface area (TPSA) is 37.3 Å². The first-order valence-electron chi connectivity index (χ1n) is 5.84. The summed E-state index contributed by atoms with van der Waals surface area (Å²) in [7, 11) is 0. The summed E-state index contributed by atoms with van der Waals surface area (Å²) in [5.41, 5.74) is 3.34. The third-order valence-corrected chi connectivity index (χ3v) is 3.06. The number of benzene rings is 2. The van der Waals surface area contributed by atoms with E-state index in [9.17, 15) is 4.79 Å². The summed E-state index contributed by atoms with van der Waals surface area (Å²) in [6.45, 7) is 1.58. The van der Waals surface area contributed by atoms with Crippen LogP contribution >= 0.6 is 11.6 Å². The highest BCUT2D eigenvalue weighted by atomic mass is 35.5. The number of aliphatic carboxylic acids is 1. The van der Waals surface area contributed by atoms with Crippen LogP contribution in [0.4, 0.5) is 0 Å². The zero-order chi connectivity index (χ0) is 13.8. The molecule has 0 atom stereocenters. The molecular weight excluding hydrogens is 260 g/mol. The van der Waals surface area contributed by atoms with Crippen LogP contribution in [0.5, 0.6) is 0 Å². The molecule has 2 aromatic rings. The van der Waals surface area contributed by atoms with Crippen LogP contribution < -0.4 is 0 Å². The number of carbonyl (C=O) groups is 1. The third-order valence-electron chi connectivity index (χ3n) is 2.81. The minimum absolute atomic E-state index is 0.319. The lowest BCUT2D eigenvalue weighted by atomic mass is 10.0. The minimum Gasteiger partial charge on any atom is -0.478 e. The van der Waals surface area contributed by atoms with Gasteiger partial charge in [0.05, 0.1) is 0 Å². The normalized spacial score (nSPS) is 11.4. The van der Waals surface area contributed by atoms with Crippen LogP contribution in [-0.4, -0.2) is 11.1 Å². The van der Waals surface area contributed by atoms with Gasteiger partial charge in [0.2, 0.25) is 0 Å². The predicted molar refractivity (Wildman–Crippen MR) is 78.2 cm³/mol. The largest absolute Gasteiger partial charge is 0.478 e. The van der Waals surface area contributed by atoms with E-state index in [-0.39, 0.29) is 0 Å². The fourth-order valence-corrected chi connectivity index (χ4v) is 1.85. The van der Waals surface area contributed by atoms with Gasteiger partial charge >= 0.3 is 5.97 Å². The van der Waals surface area contributed by atoms with E-state index in [0.717, 1.165) is 16.7 Å². The summed E-state index contributed by atoms with van der Waals surface area (Å²) in [6.07, 6.45) is 1.65. The lowest BCUT2D eigenvalue weighted by molar-refractivity contribution is -0.132. The summed E-state index contributed by atoms with van der Waals surface area (Å²) in [5.74, 6) is -0.901. The Balaban J connectivity index is 2.26. The van der Waals surface area contributed by atoms with Gasteiger partial charge in [-0.25, -0.2) is 4.79 Å². The van der Waals surface area contributed by atoms with Gasteiger partial charge in [0.25, 0.3) is 0 Å². The van der Waals surface area contributed by atoms with Crippen LogP contribution in [0.1, 0.15) is 12.5 Å². The van der Waals surface area contributed by atoms with Crippen LogP contribution in [0.3, 0.4) is 0 Å². The van der Waals surface area contributed by atoms with E-state index in [1.165, 1.54) is 0 Å². The number of halogens is 1. The molecule has 0 aromatic heterocycles. The molecule has 0 radical (unpaired) electrons. The van der Waals surface area contributed by atoms with Gasteiger partial charge in [0, 0.05) is 10.6 Å². The van der Waals surface area contributed by atoms with Gasteiger partial charge in [-0.15, -0.1) is 0 Å². The average molecular weight is 273 g/mol. The fourth-order valence-electron chi connectivity index (χ4n) is 1.73. The molecule has 0 spiro atoms. The van der Waals surface area contributed by atoms with Gasteiger partial charge in [0.15, 0.2) is 0 Å². The second kappa shape index (κ2) is 5.72. The number of carboxylic acids is 1. The van der Waals surface area contributed by atoms with Gasteiger partial charge in [-0.2, -0.15) is 0 Å². The Hall–Kier alpha value is -2.06. The zero-order valence-corrected chi connectivity index (χ0v) is 11.2. The van der Waals surface area contributed by atoms with E-state index in [1.807, 2.05) is 48.5 Å². The Morgan fingerprint density at radius 3 is 1.95 bits per heavy atom. The molecule has 0 amide bonds. The highest BCUT2D eigenvalue weighted by molar-refractivity contribution is 6.30. The minimum atomic E-state index is -0.901. The van der Waals surface area contributed by atoms with Crippen LogP contribution in [0.2, 0.25) is 5.02 Å². The van der Waals surface area contributed by atoms with E-state index in [2.05, 4.69) is 0 Å². The summed E-state index contributed by atoms with van der Waals surface area (Å²) in [6, 6.07) is 15.3.